The summed E-state index contributed by atoms with van der Waals surface area (Å²) in [5.74, 6) is 0.997. The van der Waals surface area contributed by atoms with Crippen LogP contribution in [-0.4, -0.2) is 13.2 Å². The molecule has 1 saturated carbocycles. The van der Waals surface area contributed by atoms with E-state index in [-0.39, 0.29) is 5.75 Å². The zero-order chi connectivity index (χ0) is 14.2. The van der Waals surface area contributed by atoms with E-state index in [0.717, 1.165) is 18.0 Å². The Balaban J connectivity index is 1.81. The molecule has 0 aliphatic heterocycles. The SMILES string of the molecule is FC(F)Oc1ccccc1CNCC1CCCCCC1. The summed E-state index contributed by atoms with van der Waals surface area (Å²) in [6.07, 6.45) is 7.89. The van der Waals surface area contributed by atoms with Crippen LogP contribution in [0.4, 0.5) is 8.78 Å². The maximum Gasteiger partial charge on any atom is 0.387 e. The highest BCUT2D eigenvalue weighted by Gasteiger charge is 2.13. The minimum Gasteiger partial charge on any atom is -0.434 e. The quantitative estimate of drug-likeness (QED) is 0.784. The van der Waals surface area contributed by atoms with Gasteiger partial charge in [0, 0.05) is 12.1 Å². The molecule has 1 aliphatic carbocycles. The van der Waals surface area contributed by atoms with Gasteiger partial charge in [0.15, 0.2) is 0 Å². The Morgan fingerprint density at radius 1 is 1.10 bits per heavy atom. The van der Waals surface area contributed by atoms with Gasteiger partial charge >= 0.3 is 6.61 Å². The van der Waals surface area contributed by atoms with Crippen LogP contribution in [0.25, 0.3) is 0 Å². The van der Waals surface area contributed by atoms with E-state index in [1.165, 1.54) is 38.5 Å². The number of hydrogen-bond acceptors (Lipinski definition) is 2. The summed E-state index contributed by atoms with van der Waals surface area (Å²) in [6.45, 7) is -1.22. The predicted molar refractivity (Wildman–Crippen MR) is 76.0 cm³/mol. The van der Waals surface area contributed by atoms with E-state index < -0.39 is 6.61 Å². The normalized spacial score (nSPS) is 17.1. The third-order valence-corrected chi connectivity index (χ3v) is 3.91. The van der Waals surface area contributed by atoms with Crippen molar-refractivity contribution in [3.63, 3.8) is 0 Å². The van der Waals surface area contributed by atoms with Crippen molar-refractivity contribution in [3.8, 4) is 5.75 Å². The van der Waals surface area contributed by atoms with Crippen molar-refractivity contribution >= 4 is 0 Å². The fourth-order valence-corrected chi connectivity index (χ4v) is 2.84. The molecular formula is C16H23F2NO. The molecule has 112 valence electrons. The average molecular weight is 283 g/mol. The molecule has 0 bridgehead atoms. The van der Waals surface area contributed by atoms with Crippen LogP contribution in [0.3, 0.4) is 0 Å². The summed E-state index contributed by atoms with van der Waals surface area (Å²) < 4.78 is 29.2. The smallest absolute Gasteiger partial charge is 0.387 e. The highest BCUT2D eigenvalue weighted by atomic mass is 19.3. The van der Waals surface area contributed by atoms with Gasteiger partial charge in [-0.1, -0.05) is 43.9 Å². The van der Waals surface area contributed by atoms with Crippen LogP contribution in [-0.2, 0) is 6.54 Å². The number of hydrogen-bond donors (Lipinski definition) is 1. The number of para-hydroxylation sites is 1. The lowest BCUT2D eigenvalue weighted by Gasteiger charge is -2.16. The van der Waals surface area contributed by atoms with Crippen molar-refractivity contribution in [2.75, 3.05) is 6.54 Å². The summed E-state index contributed by atoms with van der Waals surface area (Å²) in [6, 6.07) is 6.99. The Bertz CT molecular complexity index is 390. The molecule has 2 nitrogen and oxygen atoms in total. The molecule has 0 unspecified atom stereocenters. The molecule has 0 radical (unpaired) electrons. The topological polar surface area (TPSA) is 21.3 Å². The van der Waals surface area contributed by atoms with Gasteiger partial charge in [0.2, 0.25) is 0 Å². The Morgan fingerprint density at radius 2 is 1.80 bits per heavy atom. The number of benzene rings is 1. The van der Waals surface area contributed by atoms with Gasteiger partial charge in [-0.3, -0.25) is 0 Å². The predicted octanol–water partition coefficient (Wildman–Crippen LogP) is 4.35. The van der Waals surface area contributed by atoms with Crippen molar-refractivity contribution in [2.24, 2.45) is 5.92 Å². The van der Waals surface area contributed by atoms with Crippen molar-refractivity contribution in [1.29, 1.82) is 0 Å². The second-order valence-corrected chi connectivity index (χ2v) is 5.47. The fourth-order valence-electron chi connectivity index (χ4n) is 2.84. The molecule has 1 aliphatic rings. The second kappa shape index (κ2) is 8.20. The zero-order valence-electron chi connectivity index (χ0n) is 11.8. The lowest BCUT2D eigenvalue weighted by molar-refractivity contribution is -0.0505. The zero-order valence-corrected chi connectivity index (χ0v) is 11.8. The van der Waals surface area contributed by atoms with Gasteiger partial charge in [0.05, 0.1) is 0 Å². The van der Waals surface area contributed by atoms with Gasteiger partial charge in [0.25, 0.3) is 0 Å². The van der Waals surface area contributed by atoms with E-state index in [1.807, 2.05) is 12.1 Å². The summed E-state index contributed by atoms with van der Waals surface area (Å²) in [5, 5.41) is 3.39. The second-order valence-electron chi connectivity index (χ2n) is 5.47. The largest absolute Gasteiger partial charge is 0.434 e. The summed E-state index contributed by atoms with van der Waals surface area (Å²) in [7, 11) is 0. The monoisotopic (exact) mass is 283 g/mol. The minimum atomic E-state index is -2.77. The van der Waals surface area contributed by atoms with E-state index in [9.17, 15) is 8.78 Å². The number of alkyl halides is 2. The first-order valence-electron chi connectivity index (χ1n) is 7.49. The van der Waals surface area contributed by atoms with Gasteiger partial charge in [0.1, 0.15) is 5.75 Å². The van der Waals surface area contributed by atoms with Crippen LogP contribution in [0.1, 0.15) is 44.1 Å². The number of rotatable bonds is 6. The van der Waals surface area contributed by atoms with Crippen LogP contribution in [0, 0.1) is 5.92 Å². The standard InChI is InChI=1S/C16H23F2NO/c17-16(18)20-15-10-6-5-9-14(15)12-19-11-13-7-3-1-2-4-8-13/h5-6,9-10,13,16,19H,1-4,7-8,11-12H2. The van der Waals surface area contributed by atoms with Crippen LogP contribution in [0.5, 0.6) is 5.75 Å². The van der Waals surface area contributed by atoms with Gasteiger partial charge in [-0.2, -0.15) is 8.78 Å². The van der Waals surface area contributed by atoms with E-state index in [0.29, 0.717) is 6.54 Å². The molecule has 0 atom stereocenters. The number of halogens is 2. The van der Waals surface area contributed by atoms with Crippen molar-refractivity contribution in [1.82, 2.24) is 5.32 Å². The molecule has 1 aromatic rings. The first-order valence-corrected chi connectivity index (χ1v) is 7.49. The third kappa shape index (κ3) is 5.08. The lowest BCUT2D eigenvalue weighted by atomic mass is 10.0. The van der Waals surface area contributed by atoms with Gasteiger partial charge < -0.3 is 10.1 Å². The molecule has 0 saturated heterocycles. The number of ether oxygens (including phenoxy) is 1. The Labute approximate surface area is 119 Å². The molecule has 1 N–H and O–H groups in total. The number of nitrogens with one attached hydrogen (secondary N) is 1. The third-order valence-electron chi connectivity index (χ3n) is 3.91. The van der Waals surface area contributed by atoms with E-state index in [4.69, 9.17) is 0 Å². The molecule has 1 fully saturated rings. The molecule has 0 aromatic heterocycles. The molecular weight excluding hydrogens is 260 g/mol. The van der Waals surface area contributed by atoms with Crippen LogP contribution >= 0.6 is 0 Å². The molecule has 1 aromatic carbocycles. The van der Waals surface area contributed by atoms with Crippen LogP contribution in [0.2, 0.25) is 0 Å². The van der Waals surface area contributed by atoms with Crippen molar-refractivity contribution in [2.45, 2.75) is 51.7 Å². The van der Waals surface area contributed by atoms with Crippen molar-refractivity contribution < 1.29 is 13.5 Å². The van der Waals surface area contributed by atoms with Gasteiger partial charge in [-0.05, 0) is 31.4 Å². The molecule has 0 spiro atoms. The molecule has 0 heterocycles. The van der Waals surface area contributed by atoms with Gasteiger partial charge in [-0.25, -0.2) is 0 Å². The summed E-state index contributed by atoms with van der Waals surface area (Å²) >= 11 is 0. The fraction of sp³-hybridized carbons (Fsp3) is 0.625. The molecule has 4 heteroatoms. The highest BCUT2D eigenvalue weighted by Crippen LogP contribution is 2.23. The Kier molecular flexibility index (Phi) is 6.25. The van der Waals surface area contributed by atoms with E-state index in [1.54, 1.807) is 12.1 Å². The van der Waals surface area contributed by atoms with E-state index in [2.05, 4.69) is 10.1 Å². The van der Waals surface area contributed by atoms with E-state index >= 15 is 0 Å². The van der Waals surface area contributed by atoms with Crippen LogP contribution < -0.4 is 10.1 Å². The lowest BCUT2D eigenvalue weighted by Crippen LogP contribution is -2.22. The summed E-state index contributed by atoms with van der Waals surface area (Å²) in [5.41, 5.74) is 0.793. The maximum absolute atomic E-state index is 12.3. The summed E-state index contributed by atoms with van der Waals surface area (Å²) in [4.78, 5) is 0. The van der Waals surface area contributed by atoms with Gasteiger partial charge in [-0.15, -0.1) is 0 Å². The first kappa shape index (κ1) is 15.2. The first-order chi connectivity index (χ1) is 9.75. The highest BCUT2D eigenvalue weighted by molar-refractivity contribution is 5.33. The average Bonchev–Trinajstić information content (AvgIpc) is 2.69. The van der Waals surface area contributed by atoms with Crippen molar-refractivity contribution in [3.05, 3.63) is 29.8 Å². The van der Waals surface area contributed by atoms with Crippen LogP contribution in [0.15, 0.2) is 24.3 Å². The minimum absolute atomic E-state index is 0.274. The Morgan fingerprint density at radius 3 is 2.50 bits per heavy atom. The maximum atomic E-state index is 12.3. The molecule has 2 rings (SSSR count). The Hall–Kier alpha value is -1.16. The molecule has 0 amide bonds. The molecule has 20 heavy (non-hydrogen) atoms.